The molecule has 0 aromatic heterocycles. The molecule has 4 nitrogen and oxygen atoms in total. The van der Waals surface area contributed by atoms with Gasteiger partial charge in [0.1, 0.15) is 11.5 Å². The van der Waals surface area contributed by atoms with Gasteiger partial charge in [0.2, 0.25) is 0 Å². The summed E-state index contributed by atoms with van der Waals surface area (Å²) in [6, 6.07) is 26.6. The Balaban J connectivity index is 0.000000189. The molecule has 2 atom stereocenters. The smallest absolute Gasteiger partial charge is 0.308 e. The van der Waals surface area contributed by atoms with Crippen LogP contribution in [0.3, 0.4) is 0 Å². The second-order valence-electron chi connectivity index (χ2n) is 9.68. The average molecular weight is 718 g/mol. The van der Waals surface area contributed by atoms with Gasteiger partial charge < -0.3 is 9.84 Å². The summed E-state index contributed by atoms with van der Waals surface area (Å²) >= 11 is 19.3. The minimum atomic E-state index is -0.338. The van der Waals surface area contributed by atoms with E-state index in [0.717, 1.165) is 43.6 Å². The lowest BCUT2D eigenvalue weighted by Crippen LogP contribution is -2.20. The van der Waals surface area contributed by atoms with Crippen LogP contribution in [0.5, 0.6) is 11.5 Å². The summed E-state index contributed by atoms with van der Waals surface area (Å²) in [5.74, 6) is 0.875. The van der Waals surface area contributed by atoms with Crippen molar-refractivity contribution >= 4 is 73.2 Å². The van der Waals surface area contributed by atoms with Crippen molar-refractivity contribution in [3.05, 3.63) is 126 Å². The van der Waals surface area contributed by atoms with E-state index in [1.165, 1.54) is 12.5 Å². The number of ether oxygens (including phenoxy) is 1. The highest BCUT2D eigenvalue weighted by molar-refractivity contribution is 9.10. The third-order valence-electron chi connectivity index (χ3n) is 6.83. The number of rotatable bonds is 5. The Hall–Kier alpha value is -2.61. The van der Waals surface area contributed by atoms with Gasteiger partial charge in [0.15, 0.2) is 0 Å². The zero-order chi connectivity index (χ0) is 29.5. The van der Waals surface area contributed by atoms with Gasteiger partial charge in [0.05, 0.1) is 0 Å². The van der Waals surface area contributed by atoms with Crippen molar-refractivity contribution in [1.29, 1.82) is 0 Å². The van der Waals surface area contributed by atoms with Crippen molar-refractivity contribution in [2.75, 3.05) is 13.6 Å². The molecule has 5 rings (SSSR count). The first kappa shape index (κ1) is 31.3. The summed E-state index contributed by atoms with van der Waals surface area (Å²) in [7, 11) is 2.11. The van der Waals surface area contributed by atoms with E-state index < -0.39 is 0 Å². The molecule has 0 unspecified atom stereocenters. The van der Waals surface area contributed by atoms with Crippen LogP contribution in [-0.4, -0.2) is 29.6 Å². The molecule has 0 aliphatic carbocycles. The van der Waals surface area contributed by atoms with E-state index in [4.69, 9.17) is 27.9 Å². The fraction of sp³-hybridized carbons (Fsp3) is 0.182. The number of carbonyl (C=O) groups excluding carboxylic acids is 1. The molecule has 0 radical (unpaired) electrons. The van der Waals surface area contributed by atoms with Gasteiger partial charge in [0, 0.05) is 49.0 Å². The van der Waals surface area contributed by atoms with Crippen molar-refractivity contribution in [3.63, 3.8) is 0 Å². The van der Waals surface area contributed by atoms with Gasteiger partial charge in [-0.2, -0.15) is 0 Å². The SMILES string of the molecule is CC(=O)Oc1ccccc1C=Cc1cc(Cl)ccc1Br.CN1CC[C@@H](c2cc(Cl)ccc2Br)[C@@H]1c1ccccc1O. The highest BCUT2D eigenvalue weighted by atomic mass is 79.9. The van der Waals surface area contributed by atoms with E-state index in [1.54, 1.807) is 12.1 Å². The van der Waals surface area contributed by atoms with Crippen molar-refractivity contribution in [1.82, 2.24) is 4.90 Å². The number of carbonyl (C=O) groups is 1. The molecular weight excluding hydrogens is 689 g/mol. The Bertz CT molecular complexity index is 1560. The first-order valence-corrected chi connectivity index (χ1v) is 15.3. The molecule has 4 aromatic carbocycles. The summed E-state index contributed by atoms with van der Waals surface area (Å²) in [5.41, 5.74) is 3.97. The average Bonchev–Trinajstić information content (AvgIpc) is 3.32. The number of hydrogen-bond donors (Lipinski definition) is 1. The van der Waals surface area contributed by atoms with Crippen LogP contribution in [0.2, 0.25) is 10.0 Å². The second kappa shape index (κ2) is 14.5. The maximum absolute atomic E-state index is 11.1. The summed E-state index contributed by atoms with van der Waals surface area (Å²) in [5, 5.41) is 11.6. The summed E-state index contributed by atoms with van der Waals surface area (Å²) in [6.07, 6.45) is 4.85. The third-order valence-corrected chi connectivity index (χ3v) is 8.75. The number of phenols is 1. The number of halogens is 4. The maximum Gasteiger partial charge on any atom is 0.308 e. The number of likely N-dealkylation sites (tertiary alicyclic amines) is 1. The van der Waals surface area contributed by atoms with Crippen LogP contribution in [0.4, 0.5) is 0 Å². The first-order valence-electron chi connectivity index (χ1n) is 13.0. The zero-order valence-electron chi connectivity index (χ0n) is 22.5. The molecular formula is C33H29Br2Cl2NO3. The van der Waals surface area contributed by atoms with Gasteiger partial charge in [-0.05, 0) is 79.7 Å². The molecule has 0 saturated carbocycles. The Kier molecular flexibility index (Phi) is 11.1. The van der Waals surface area contributed by atoms with Crippen molar-refractivity contribution in [2.24, 2.45) is 0 Å². The fourth-order valence-electron chi connectivity index (χ4n) is 4.95. The topological polar surface area (TPSA) is 49.8 Å². The van der Waals surface area contributed by atoms with Crippen molar-refractivity contribution in [3.8, 4) is 11.5 Å². The van der Waals surface area contributed by atoms with E-state index in [-0.39, 0.29) is 12.0 Å². The minimum Gasteiger partial charge on any atom is -0.508 e. The largest absolute Gasteiger partial charge is 0.508 e. The van der Waals surface area contributed by atoms with Gasteiger partial charge in [-0.25, -0.2) is 0 Å². The molecule has 0 amide bonds. The summed E-state index contributed by atoms with van der Waals surface area (Å²) in [4.78, 5) is 13.4. The number of esters is 1. The van der Waals surface area contributed by atoms with Crippen LogP contribution in [0.25, 0.3) is 12.2 Å². The molecule has 1 aliphatic rings. The Morgan fingerprint density at radius 3 is 2.24 bits per heavy atom. The van der Waals surface area contributed by atoms with Crippen molar-refractivity contribution in [2.45, 2.75) is 25.3 Å². The number of phenolic OH excluding ortho intramolecular Hbond substituents is 1. The number of likely N-dealkylation sites (N-methyl/N-ethyl adjacent to an activating group) is 1. The number of aromatic hydroxyl groups is 1. The third kappa shape index (κ3) is 8.24. The van der Waals surface area contributed by atoms with Crippen molar-refractivity contribution < 1.29 is 14.6 Å². The van der Waals surface area contributed by atoms with Gasteiger partial charge in [0.25, 0.3) is 0 Å². The fourth-order valence-corrected chi connectivity index (χ4v) is 6.23. The van der Waals surface area contributed by atoms with E-state index in [0.29, 0.717) is 22.4 Å². The van der Waals surface area contributed by atoms with Crippen LogP contribution in [-0.2, 0) is 4.79 Å². The van der Waals surface area contributed by atoms with E-state index in [1.807, 2.05) is 84.9 Å². The predicted molar refractivity (Wildman–Crippen MR) is 176 cm³/mol. The number of para-hydroxylation sites is 2. The highest BCUT2D eigenvalue weighted by Crippen LogP contribution is 2.47. The zero-order valence-corrected chi connectivity index (χ0v) is 27.2. The molecule has 1 fully saturated rings. The quantitative estimate of drug-likeness (QED) is 0.127. The lowest BCUT2D eigenvalue weighted by molar-refractivity contribution is -0.131. The van der Waals surface area contributed by atoms with E-state index in [9.17, 15) is 9.90 Å². The molecule has 4 aromatic rings. The molecule has 0 bridgehead atoms. The molecule has 212 valence electrons. The molecule has 8 heteroatoms. The number of nitrogens with zero attached hydrogens (tertiary/aromatic N) is 1. The summed E-state index contributed by atoms with van der Waals surface area (Å²) < 4.78 is 7.18. The highest BCUT2D eigenvalue weighted by Gasteiger charge is 2.36. The summed E-state index contributed by atoms with van der Waals surface area (Å²) in [6.45, 7) is 2.39. The standard InChI is InChI=1S/C17H17BrClNO.C16H12BrClO2/c1-20-9-8-12(14-10-11(19)6-7-15(14)18)17(20)13-4-2-3-5-16(13)21;1-11(19)20-16-5-3-2-4-12(16)6-7-13-10-14(18)8-9-15(13)17/h2-7,10,12,17,21H,8-9H2,1H3;2-10H,1H3/t12-,17+;/m0./s1. The normalized spacial score (nSPS) is 16.8. The lowest BCUT2D eigenvalue weighted by Gasteiger charge is -2.27. The Morgan fingerprint density at radius 1 is 0.878 bits per heavy atom. The molecule has 1 aliphatic heterocycles. The second-order valence-corrected chi connectivity index (χ2v) is 12.3. The van der Waals surface area contributed by atoms with Crippen LogP contribution in [0, 0.1) is 0 Å². The van der Waals surface area contributed by atoms with Gasteiger partial charge in [-0.3, -0.25) is 9.69 Å². The minimum absolute atomic E-state index is 0.168. The predicted octanol–water partition coefficient (Wildman–Crippen LogP) is 10.2. The number of hydrogen-bond acceptors (Lipinski definition) is 4. The Labute approximate surface area is 267 Å². The van der Waals surface area contributed by atoms with Crippen LogP contribution in [0.1, 0.15) is 47.6 Å². The Morgan fingerprint density at radius 2 is 1.51 bits per heavy atom. The van der Waals surface area contributed by atoms with Gasteiger partial charge >= 0.3 is 5.97 Å². The molecule has 1 saturated heterocycles. The van der Waals surface area contributed by atoms with Crippen LogP contribution >= 0.6 is 55.1 Å². The van der Waals surface area contributed by atoms with E-state index >= 15 is 0 Å². The molecule has 1 N–H and O–H groups in total. The lowest BCUT2D eigenvalue weighted by atomic mass is 9.87. The molecule has 1 heterocycles. The first-order chi connectivity index (χ1) is 19.6. The molecule has 0 spiro atoms. The monoisotopic (exact) mass is 715 g/mol. The van der Waals surface area contributed by atoms with Gasteiger partial charge in [-0.15, -0.1) is 0 Å². The maximum atomic E-state index is 11.1. The van der Waals surface area contributed by atoms with E-state index in [2.05, 4.69) is 43.8 Å². The van der Waals surface area contributed by atoms with Crippen LogP contribution < -0.4 is 4.74 Å². The van der Waals surface area contributed by atoms with Crippen LogP contribution in [0.15, 0.2) is 93.9 Å². The number of benzene rings is 4. The van der Waals surface area contributed by atoms with Gasteiger partial charge in [-0.1, -0.05) is 104 Å². The molecule has 41 heavy (non-hydrogen) atoms.